The van der Waals surface area contributed by atoms with E-state index in [1.807, 2.05) is 0 Å². The van der Waals surface area contributed by atoms with E-state index in [0.717, 1.165) is 19.3 Å². The molecule has 1 saturated carbocycles. The fourth-order valence-corrected chi connectivity index (χ4v) is 3.80. The molecule has 0 saturated heterocycles. The van der Waals surface area contributed by atoms with Crippen molar-refractivity contribution in [2.24, 2.45) is 22.2 Å². The third-order valence-corrected chi connectivity index (χ3v) is 4.14. The lowest BCUT2D eigenvalue weighted by molar-refractivity contribution is 0.180. The summed E-state index contributed by atoms with van der Waals surface area (Å²) in [5.74, 6) is 0.606. The summed E-state index contributed by atoms with van der Waals surface area (Å²) in [4.78, 5) is 0. The normalized spacial score (nSPS) is 34.4. The minimum Gasteiger partial charge on any atom is -0.330 e. The average molecular weight is 220 g/mol. The minimum atomic E-state index is -3.40. The molecule has 0 bridgehead atoms. The van der Waals surface area contributed by atoms with Crippen molar-refractivity contribution in [3.63, 3.8) is 0 Å². The van der Waals surface area contributed by atoms with Gasteiger partial charge in [-0.15, -0.1) is 0 Å². The van der Waals surface area contributed by atoms with E-state index in [1.165, 1.54) is 6.42 Å². The molecule has 0 aromatic rings. The van der Waals surface area contributed by atoms with Gasteiger partial charge in [0, 0.05) is 0 Å². The van der Waals surface area contributed by atoms with E-state index < -0.39 is 10.0 Å². The molecule has 0 radical (unpaired) electrons. The molecule has 1 fully saturated rings. The quantitative estimate of drug-likeness (QED) is 0.723. The second-order valence-electron chi connectivity index (χ2n) is 4.71. The van der Waals surface area contributed by atoms with Gasteiger partial charge >= 0.3 is 0 Å². The average Bonchev–Trinajstić information content (AvgIpc) is 2.01. The van der Waals surface area contributed by atoms with E-state index in [1.54, 1.807) is 0 Å². The van der Waals surface area contributed by atoms with Crippen molar-refractivity contribution in [3.05, 3.63) is 0 Å². The number of sulfonamides is 1. The third kappa shape index (κ3) is 3.22. The summed E-state index contributed by atoms with van der Waals surface area (Å²) in [6, 6.07) is 0. The van der Waals surface area contributed by atoms with Gasteiger partial charge in [0.15, 0.2) is 0 Å². The summed E-state index contributed by atoms with van der Waals surface area (Å²) in [6.07, 6.45) is 4.02. The first kappa shape index (κ1) is 11.9. The summed E-state index contributed by atoms with van der Waals surface area (Å²) in [7, 11) is -3.40. The van der Waals surface area contributed by atoms with Gasteiger partial charge in [0.25, 0.3) is 0 Å². The van der Waals surface area contributed by atoms with Gasteiger partial charge in [-0.3, -0.25) is 0 Å². The number of nitrogens with two attached hydrogens (primary N) is 2. The minimum absolute atomic E-state index is 0.0425. The van der Waals surface area contributed by atoms with Crippen molar-refractivity contribution in [2.75, 3.05) is 12.3 Å². The summed E-state index contributed by atoms with van der Waals surface area (Å²) in [6.45, 7) is 2.57. The standard InChI is InChI=1S/C9H20N2O2S/c1-8-3-2-4-9(5-8,6-10)7-14(11,12)13/h8H,2-7,10H2,1H3,(H2,11,12,13)/t8-,9-/m1/s1. The molecule has 4 N–H and O–H groups in total. The highest BCUT2D eigenvalue weighted by molar-refractivity contribution is 7.89. The van der Waals surface area contributed by atoms with E-state index in [4.69, 9.17) is 10.9 Å². The van der Waals surface area contributed by atoms with Crippen LogP contribution in [0.5, 0.6) is 0 Å². The monoisotopic (exact) mass is 220 g/mol. The van der Waals surface area contributed by atoms with Crippen LogP contribution >= 0.6 is 0 Å². The number of primary sulfonamides is 1. The Morgan fingerprint density at radius 1 is 1.50 bits per heavy atom. The number of hydrogen-bond acceptors (Lipinski definition) is 3. The summed E-state index contributed by atoms with van der Waals surface area (Å²) < 4.78 is 22.2. The highest BCUT2D eigenvalue weighted by atomic mass is 32.2. The van der Waals surface area contributed by atoms with Crippen LogP contribution in [0.1, 0.15) is 32.6 Å². The van der Waals surface area contributed by atoms with Crippen molar-refractivity contribution in [1.29, 1.82) is 0 Å². The van der Waals surface area contributed by atoms with E-state index in [9.17, 15) is 8.42 Å². The SMILES string of the molecule is C[C@@H]1CCC[C@@](CN)(CS(N)(=O)=O)C1. The second kappa shape index (κ2) is 4.16. The van der Waals surface area contributed by atoms with Gasteiger partial charge in [-0.05, 0) is 30.7 Å². The highest BCUT2D eigenvalue weighted by Gasteiger charge is 2.36. The van der Waals surface area contributed by atoms with Crippen molar-refractivity contribution in [3.8, 4) is 0 Å². The zero-order valence-electron chi connectivity index (χ0n) is 8.70. The molecule has 14 heavy (non-hydrogen) atoms. The van der Waals surface area contributed by atoms with Crippen molar-refractivity contribution >= 4 is 10.0 Å². The van der Waals surface area contributed by atoms with Crippen LogP contribution in [-0.4, -0.2) is 20.7 Å². The lowest BCUT2D eigenvalue weighted by Gasteiger charge is -2.38. The zero-order valence-corrected chi connectivity index (χ0v) is 9.52. The Morgan fingerprint density at radius 2 is 2.14 bits per heavy atom. The molecular formula is C9H20N2O2S. The molecule has 1 aliphatic carbocycles. The molecule has 0 amide bonds. The molecule has 0 aromatic carbocycles. The first-order valence-corrected chi connectivity index (χ1v) is 6.79. The highest BCUT2D eigenvalue weighted by Crippen LogP contribution is 2.39. The first-order chi connectivity index (χ1) is 6.37. The van der Waals surface area contributed by atoms with Crippen LogP contribution < -0.4 is 10.9 Å². The molecule has 1 rings (SSSR count). The summed E-state index contributed by atoms with van der Waals surface area (Å²) >= 11 is 0. The Kier molecular flexibility index (Phi) is 3.55. The Morgan fingerprint density at radius 3 is 2.57 bits per heavy atom. The fourth-order valence-electron chi connectivity index (χ4n) is 2.57. The molecule has 0 heterocycles. The van der Waals surface area contributed by atoms with Gasteiger partial charge in [-0.1, -0.05) is 19.8 Å². The van der Waals surface area contributed by atoms with Gasteiger partial charge < -0.3 is 5.73 Å². The first-order valence-electron chi connectivity index (χ1n) is 5.07. The van der Waals surface area contributed by atoms with Crippen LogP contribution in [0.3, 0.4) is 0 Å². The van der Waals surface area contributed by atoms with Crippen LogP contribution in [0.4, 0.5) is 0 Å². The fraction of sp³-hybridized carbons (Fsp3) is 1.00. The Labute approximate surface area is 86.1 Å². The van der Waals surface area contributed by atoms with Gasteiger partial charge in [-0.2, -0.15) is 0 Å². The van der Waals surface area contributed by atoms with Crippen molar-refractivity contribution in [2.45, 2.75) is 32.6 Å². The van der Waals surface area contributed by atoms with Crippen molar-refractivity contribution in [1.82, 2.24) is 0 Å². The Hall–Kier alpha value is -0.130. The second-order valence-corrected chi connectivity index (χ2v) is 6.33. The molecule has 1 aliphatic rings. The Bertz CT molecular complexity index is 289. The van der Waals surface area contributed by atoms with Gasteiger partial charge in [0.1, 0.15) is 0 Å². The lowest BCUT2D eigenvalue weighted by atomic mass is 9.71. The molecular weight excluding hydrogens is 200 g/mol. The molecule has 2 atom stereocenters. The topological polar surface area (TPSA) is 86.2 Å². The van der Waals surface area contributed by atoms with Crippen LogP contribution in [0.2, 0.25) is 0 Å². The van der Waals surface area contributed by atoms with Crippen LogP contribution in [-0.2, 0) is 10.0 Å². The predicted octanol–water partition coefficient (Wildman–Crippen LogP) is 0.430. The number of rotatable bonds is 3. The molecule has 0 spiro atoms. The van der Waals surface area contributed by atoms with E-state index >= 15 is 0 Å². The molecule has 5 heteroatoms. The maximum Gasteiger partial charge on any atom is 0.209 e. The molecule has 4 nitrogen and oxygen atoms in total. The molecule has 0 aromatic heterocycles. The summed E-state index contributed by atoms with van der Waals surface area (Å²) in [5.41, 5.74) is 5.43. The predicted molar refractivity (Wildman–Crippen MR) is 57.1 cm³/mol. The molecule has 0 unspecified atom stereocenters. The van der Waals surface area contributed by atoms with E-state index in [0.29, 0.717) is 12.5 Å². The van der Waals surface area contributed by atoms with Crippen LogP contribution in [0.15, 0.2) is 0 Å². The largest absolute Gasteiger partial charge is 0.330 e. The van der Waals surface area contributed by atoms with E-state index in [2.05, 4.69) is 6.92 Å². The third-order valence-electron chi connectivity index (χ3n) is 3.13. The van der Waals surface area contributed by atoms with Gasteiger partial charge in [0.2, 0.25) is 10.0 Å². The van der Waals surface area contributed by atoms with Crippen molar-refractivity contribution < 1.29 is 8.42 Å². The van der Waals surface area contributed by atoms with Gasteiger partial charge in [-0.25, -0.2) is 13.6 Å². The van der Waals surface area contributed by atoms with E-state index in [-0.39, 0.29) is 11.2 Å². The summed E-state index contributed by atoms with van der Waals surface area (Å²) in [5, 5.41) is 5.09. The smallest absolute Gasteiger partial charge is 0.209 e. The van der Waals surface area contributed by atoms with Gasteiger partial charge in [0.05, 0.1) is 5.75 Å². The van der Waals surface area contributed by atoms with Crippen LogP contribution in [0, 0.1) is 11.3 Å². The maximum atomic E-state index is 11.1. The molecule has 84 valence electrons. The zero-order chi connectivity index (χ0) is 10.8. The van der Waals surface area contributed by atoms with Crippen LogP contribution in [0.25, 0.3) is 0 Å². The number of hydrogen-bond donors (Lipinski definition) is 2. The maximum absolute atomic E-state index is 11.1. The molecule has 0 aliphatic heterocycles. The lowest BCUT2D eigenvalue weighted by Crippen LogP contribution is -2.42. The Balaban J connectivity index is 2.75.